The van der Waals surface area contributed by atoms with Crippen molar-refractivity contribution >= 4 is 11.9 Å². The highest BCUT2D eigenvalue weighted by atomic mass is 16.6. The van der Waals surface area contributed by atoms with Gasteiger partial charge in [-0.25, -0.2) is 9.59 Å². The van der Waals surface area contributed by atoms with Crippen molar-refractivity contribution in [2.75, 3.05) is 0 Å². The zero-order chi connectivity index (χ0) is 8.01. The van der Waals surface area contributed by atoms with E-state index in [9.17, 15) is 9.59 Å². The molecule has 4 heteroatoms. The maximum absolute atomic E-state index is 10.8. The zero-order valence-corrected chi connectivity index (χ0v) is 5.71. The van der Waals surface area contributed by atoms with Crippen LogP contribution in [-0.4, -0.2) is 11.9 Å². The fourth-order valence-corrected chi connectivity index (χ4v) is 0.959. The summed E-state index contributed by atoms with van der Waals surface area (Å²) >= 11 is 0. The molecule has 2 aliphatic rings. The summed E-state index contributed by atoms with van der Waals surface area (Å²) in [6.07, 6.45) is 1.16. The summed E-state index contributed by atoms with van der Waals surface area (Å²) in [5.41, 5.74) is 0.349. The van der Waals surface area contributed by atoms with Crippen molar-refractivity contribution < 1.29 is 19.1 Å². The van der Waals surface area contributed by atoms with E-state index in [0.29, 0.717) is 5.57 Å². The van der Waals surface area contributed by atoms with Gasteiger partial charge in [0.1, 0.15) is 0 Å². The van der Waals surface area contributed by atoms with Crippen LogP contribution in [0.2, 0.25) is 0 Å². The van der Waals surface area contributed by atoms with Crippen molar-refractivity contribution in [3.8, 4) is 0 Å². The fourth-order valence-electron chi connectivity index (χ4n) is 0.959. The number of hydrogen-bond acceptors (Lipinski definition) is 4. The molecular formula is C7H4O4. The minimum Gasteiger partial charge on any atom is -0.419 e. The summed E-state index contributed by atoms with van der Waals surface area (Å²) < 4.78 is 9.34. The average Bonchev–Trinajstić information content (AvgIpc) is 2.37. The first kappa shape index (κ1) is 6.15. The number of rotatable bonds is 0. The van der Waals surface area contributed by atoms with Gasteiger partial charge >= 0.3 is 11.9 Å². The van der Waals surface area contributed by atoms with Crippen LogP contribution in [0.25, 0.3) is 0 Å². The van der Waals surface area contributed by atoms with Gasteiger partial charge in [0, 0.05) is 0 Å². The lowest BCUT2D eigenvalue weighted by Gasteiger charge is -1.90. The van der Waals surface area contributed by atoms with Crippen molar-refractivity contribution in [2.45, 2.75) is 6.92 Å². The average molecular weight is 152 g/mol. The van der Waals surface area contributed by atoms with Gasteiger partial charge in [-0.05, 0) is 6.92 Å². The second-order valence-electron chi connectivity index (χ2n) is 2.27. The van der Waals surface area contributed by atoms with E-state index in [1.165, 1.54) is 0 Å². The molecule has 0 N–H and O–H groups in total. The first-order valence-corrected chi connectivity index (χ1v) is 3.05. The van der Waals surface area contributed by atoms with E-state index in [1.54, 1.807) is 6.92 Å². The quantitative estimate of drug-likeness (QED) is 0.467. The second-order valence-corrected chi connectivity index (χ2v) is 2.27. The second kappa shape index (κ2) is 1.72. The van der Waals surface area contributed by atoms with E-state index < -0.39 is 11.9 Å². The van der Waals surface area contributed by atoms with Crippen LogP contribution in [-0.2, 0) is 19.1 Å². The van der Waals surface area contributed by atoms with Crippen molar-refractivity contribution in [1.82, 2.24) is 0 Å². The molecule has 0 spiro atoms. The van der Waals surface area contributed by atoms with Crippen molar-refractivity contribution in [1.29, 1.82) is 0 Å². The van der Waals surface area contributed by atoms with Gasteiger partial charge in [0.2, 0.25) is 0 Å². The standard InChI is InChI=1S/C7H4O4/c1-3-6-4(10-7(3)9)2-5(8)11-6/h2H,1H3. The molecule has 0 aromatic rings. The van der Waals surface area contributed by atoms with Gasteiger partial charge in [0.15, 0.2) is 11.5 Å². The molecule has 0 saturated heterocycles. The van der Waals surface area contributed by atoms with Gasteiger partial charge in [0.05, 0.1) is 11.6 Å². The Hall–Kier alpha value is -1.58. The molecule has 0 unspecified atom stereocenters. The Kier molecular flexibility index (Phi) is 0.961. The third kappa shape index (κ3) is 0.690. The molecule has 2 aliphatic heterocycles. The van der Waals surface area contributed by atoms with Crippen molar-refractivity contribution in [3.63, 3.8) is 0 Å². The zero-order valence-electron chi connectivity index (χ0n) is 5.71. The number of hydrogen-bond donors (Lipinski definition) is 0. The van der Waals surface area contributed by atoms with Gasteiger partial charge in [-0.3, -0.25) is 0 Å². The summed E-state index contributed by atoms with van der Waals surface area (Å²) in [5.74, 6) is -0.432. The molecular weight excluding hydrogens is 148 g/mol. The number of carbonyl (C=O) groups is 2. The summed E-state index contributed by atoms with van der Waals surface area (Å²) in [7, 11) is 0. The monoisotopic (exact) mass is 152 g/mol. The van der Waals surface area contributed by atoms with Gasteiger partial charge < -0.3 is 9.47 Å². The number of ether oxygens (including phenoxy) is 2. The van der Waals surface area contributed by atoms with E-state index in [0.717, 1.165) is 6.08 Å². The lowest BCUT2D eigenvalue weighted by molar-refractivity contribution is -0.133. The first-order chi connectivity index (χ1) is 5.18. The van der Waals surface area contributed by atoms with E-state index >= 15 is 0 Å². The molecule has 11 heavy (non-hydrogen) atoms. The Morgan fingerprint density at radius 1 is 1.27 bits per heavy atom. The molecule has 0 bridgehead atoms. The normalized spacial score (nSPS) is 21.4. The van der Waals surface area contributed by atoms with Crippen LogP contribution in [0.3, 0.4) is 0 Å². The summed E-state index contributed by atoms with van der Waals surface area (Å²) in [6, 6.07) is 0. The van der Waals surface area contributed by atoms with E-state index in [4.69, 9.17) is 0 Å². The van der Waals surface area contributed by atoms with Crippen LogP contribution in [0.15, 0.2) is 23.2 Å². The molecule has 0 fully saturated rings. The van der Waals surface area contributed by atoms with Gasteiger partial charge in [-0.15, -0.1) is 0 Å². The topological polar surface area (TPSA) is 52.6 Å². The number of carbonyl (C=O) groups excluding carboxylic acids is 2. The third-order valence-electron chi connectivity index (χ3n) is 1.52. The highest BCUT2D eigenvalue weighted by Gasteiger charge is 2.34. The lowest BCUT2D eigenvalue weighted by Crippen LogP contribution is -1.98. The third-order valence-corrected chi connectivity index (χ3v) is 1.52. The van der Waals surface area contributed by atoms with Crippen LogP contribution in [0.1, 0.15) is 6.92 Å². The van der Waals surface area contributed by atoms with Gasteiger partial charge in [0.25, 0.3) is 0 Å². The Labute approximate surface area is 62.1 Å². The van der Waals surface area contributed by atoms with Crippen LogP contribution in [0.4, 0.5) is 0 Å². The van der Waals surface area contributed by atoms with Crippen LogP contribution in [0, 0.1) is 0 Å². The Balaban J connectivity index is 2.51. The predicted molar refractivity (Wildman–Crippen MR) is 33.0 cm³/mol. The van der Waals surface area contributed by atoms with Gasteiger partial charge in [-0.2, -0.15) is 0 Å². The molecule has 2 rings (SSSR count). The smallest absolute Gasteiger partial charge is 0.343 e. The maximum atomic E-state index is 10.8. The molecule has 0 radical (unpaired) electrons. The molecule has 2 heterocycles. The summed E-state index contributed by atoms with van der Waals surface area (Å²) in [5, 5.41) is 0. The highest BCUT2D eigenvalue weighted by molar-refractivity contribution is 5.99. The highest BCUT2D eigenvalue weighted by Crippen LogP contribution is 2.30. The first-order valence-electron chi connectivity index (χ1n) is 3.05. The predicted octanol–water partition coefficient (Wildman–Crippen LogP) is 0.258. The molecule has 4 nitrogen and oxygen atoms in total. The van der Waals surface area contributed by atoms with Gasteiger partial charge in [-0.1, -0.05) is 0 Å². The van der Waals surface area contributed by atoms with Crippen molar-refractivity contribution in [3.05, 3.63) is 23.2 Å². The van der Waals surface area contributed by atoms with E-state index in [1.807, 2.05) is 0 Å². The Morgan fingerprint density at radius 2 is 2.00 bits per heavy atom. The largest absolute Gasteiger partial charge is 0.419 e. The lowest BCUT2D eigenvalue weighted by atomic mass is 10.3. The summed E-state index contributed by atoms with van der Waals surface area (Å²) in [6.45, 7) is 1.55. The SMILES string of the molecule is CC1=C2OC(=O)C=C2OC1=O. The minimum absolute atomic E-state index is 0.234. The van der Waals surface area contributed by atoms with Crippen LogP contribution >= 0.6 is 0 Å². The molecule has 0 aromatic carbocycles. The molecule has 56 valence electrons. The minimum atomic E-state index is -0.484. The number of fused-ring (bicyclic) bond motifs is 1. The van der Waals surface area contributed by atoms with E-state index in [2.05, 4.69) is 9.47 Å². The molecule has 0 amide bonds. The summed E-state index contributed by atoms with van der Waals surface area (Å²) in [4.78, 5) is 21.4. The van der Waals surface area contributed by atoms with E-state index in [-0.39, 0.29) is 11.5 Å². The maximum Gasteiger partial charge on any atom is 0.343 e. The Morgan fingerprint density at radius 3 is 2.64 bits per heavy atom. The Bertz CT molecular complexity index is 321. The van der Waals surface area contributed by atoms with Crippen LogP contribution in [0.5, 0.6) is 0 Å². The molecule has 0 aliphatic carbocycles. The molecule has 0 saturated carbocycles. The fraction of sp³-hybridized carbons (Fsp3) is 0.143. The van der Waals surface area contributed by atoms with Crippen LogP contribution < -0.4 is 0 Å². The molecule has 0 atom stereocenters. The van der Waals surface area contributed by atoms with Crippen molar-refractivity contribution in [2.24, 2.45) is 0 Å². The number of esters is 2. The molecule has 0 aromatic heterocycles.